The van der Waals surface area contributed by atoms with E-state index in [-0.39, 0.29) is 11.1 Å². The van der Waals surface area contributed by atoms with Gasteiger partial charge in [-0.15, -0.1) is 23.5 Å². The van der Waals surface area contributed by atoms with E-state index in [1.807, 2.05) is 23.5 Å². The van der Waals surface area contributed by atoms with Crippen LogP contribution in [0.15, 0.2) is 67.5 Å². The summed E-state index contributed by atoms with van der Waals surface area (Å²) in [6, 6.07) is 17.2. The lowest BCUT2D eigenvalue weighted by Gasteiger charge is -2.44. The van der Waals surface area contributed by atoms with E-state index in [2.05, 4.69) is 94.2 Å². The summed E-state index contributed by atoms with van der Waals surface area (Å²) in [6.45, 7) is 7.52. The lowest BCUT2D eigenvalue weighted by molar-refractivity contribution is 0.0100. The smallest absolute Gasteiger partial charge is 0.0946 e. The Kier molecular flexibility index (Phi) is 8.70. The van der Waals surface area contributed by atoms with Gasteiger partial charge in [0.05, 0.1) is 34.4 Å². The van der Waals surface area contributed by atoms with E-state index in [0.29, 0.717) is 11.8 Å². The second-order valence-electron chi connectivity index (χ2n) is 9.80. The molecule has 2 aromatic rings. The molecule has 2 aromatic carbocycles. The minimum atomic E-state index is -0.0582. The Balaban J connectivity index is 0.000000148. The average molecular weight is 653 g/mol. The molecule has 4 heterocycles. The van der Waals surface area contributed by atoms with Crippen LogP contribution < -0.4 is 0 Å². The van der Waals surface area contributed by atoms with Crippen molar-refractivity contribution >= 4 is 65.5 Å². The summed E-state index contributed by atoms with van der Waals surface area (Å²) in [6.07, 6.45) is 1.98. The number of rotatable bonds is 2. The monoisotopic (exact) mass is 650 g/mol. The number of hydrogen-bond donors (Lipinski definition) is 0. The van der Waals surface area contributed by atoms with Crippen molar-refractivity contribution < 1.29 is 9.47 Å². The zero-order valence-corrected chi connectivity index (χ0v) is 25.5. The SMILES string of the molecule is CC1=N[C@@]2(c3cccc(Br)c3)CCOC[C@H]2CS1.CC1=N[C@]2(c3cccc(Br)c3)CCOC[C@@H]2CS1. The van der Waals surface area contributed by atoms with Crippen LogP contribution in [0.25, 0.3) is 0 Å². The van der Waals surface area contributed by atoms with Crippen LogP contribution >= 0.6 is 55.4 Å². The maximum absolute atomic E-state index is 5.66. The molecule has 4 nitrogen and oxygen atoms in total. The molecule has 8 heteroatoms. The molecule has 0 aromatic heterocycles. The van der Waals surface area contributed by atoms with Crippen molar-refractivity contribution in [1.29, 1.82) is 0 Å². The largest absolute Gasteiger partial charge is 0.381 e. The van der Waals surface area contributed by atoms with E-state index < -0.39 is 0 Å². The summed E-state index contributed by atoms with van der Waals surface area (Å²) in [4.78, 5) is 10.1. The lowest BCUT2D eigenvalue weighted by atomic mass is 9.76. The van der Waals surface area contributed by atoms with E-state index in [0.717, 1.165) is 59.7 Å². The van der Waals surface area contributed by atoms with Gasteiger partial charge in [-0.3, -0.25) is 9.98 Å². The molecule has 0 unspecified atom stereocenters. The van der Waals surface area contributed by atoms with Gasteiger partial charge in [-0.25, -0.2) is 0 Å². The van der Waals surface area contributed by atoms with Crippen LogP contribution in [0.3, 0.4) is 0 Å². The Hall–Kier alpha value is -0.640. The first-order valence-corrected chi connectivity index (χ1v) is 16.0. The molecule has 2 fully saturated rings. The first-order valence-electron chi connectivity index (χ1n) is 12.5. The van der Waals surface area contributed by atoms with Crippen LogP contribution in [0.5, 0.6) is 0 Å². The number of hydrogen-bond acceptors (Lipinski definition) is 6. The molecule has 0 aliphatic carbocycles. The van der Waals surface area contributed by atoms with Crippen molar-refractivity contribution in [2.24, 2.45) is 21.8 Å². The zero-order chi connectivity index (χ0) is 25.2. The van der Waals surface area contributed by atoms with Crippen LogP contribution in [0.2, 0.25) is 0 Å². The normalized spacial score (nSPS) is 31.7. The predicted octanol–water partition coefficient (Wildman–Crippen LogP) is 7.69. The molecule has 4 aliphatic heterocycles. The standard InChI is InChI=1S/2C14H16BrNOS/c2*1-10-16-14(11-3-2-4-13(15)7-11)5-6-17-8-12(14)9-18-10/h2*2-4,7,12H,5-6,8-9H2,1H3/t2*12-,14+/m10/s1. The van der Waals surface area contributed by atoms with E-state index in [9.17, 15) is 0 Å². The van der Waals surface area contributed by atoms with Gasteiger partial charge in [-0.05, 0) is 49.2 Å². The summed E-state index contributed by atoms with van der Waals surface area (Å²) >= 11 is 10.9. The summed E-state index contributed by atoms with van der Waals surface area (Å²) in [7, 11) is 0. The molecule has 0 bridgehead atoms. The molecule has 0 amide bonds. The lowest BCUT2D eigenvalue weighted by Crippen LogP contribution is -2.45. The van der Waals surface area contributed by atoms with Crippen LogP contribution in [0.4, 0.5) is 0 Å². The minimum absolute atomic E-state index is 0.0582. The minimum Gasteiger partial charge on any atom is -0.381 e. The molecule has 0 saturated carbocycles. The number of benzene rings is 2. The van der Waals surface area contributed by atoms with Gasteiger partial charge < -0.3 is 9.47 Å². The topological polar surface area (TPSA) is 43.2 Å². The van der Waals surface area contributed by atoms with Gasteiger partial charge in [-0.1, -0.05) is 56.1 Å². The van der Waals surface area contributed by atoms with Crippen LogP contribution in [-0.2, 0) is 20.6 Å². The van der Waals surface area contributed by atoms with E-state index >= 15 is 0 Å². The molecule has 6 rings (SSSR count). The Labute approximate surface area is 239 Å². The highest BCUT2D eigenvalue weighted by Gasteiger charge is 2.46. The number of ether oxygens (including phenoxy) is 2. The Morgan fingerprint density at radius 3 is 1.61 bits per heavy atom. The quantitative estimate of drug-likeness (QED) is 0.334. The molecule has 0 spiro atoms. The van der Waals surface area contributed by atoms with Gasteiger partial charge in [0.15, 0.2) is 0 Å². The fraction of sp³-hybridized carbons (Fsp3) is 0.500. The van der Waals surface area contributed by atoms with Crippen LogP contribution in [0, 0.1) is 11.8 Å². The highest BCUT2D eigenvalue weighted by atomic mass is 79.9. The predicted molar refractivity (Wildman–Crippen MR) is 161 cm³/mol. The molecule has 36 heavy (non-hydrogen) atoms. The number of aliphatic imine (C=N–C) groups is 2. The molecular weight excluding hydrogens is 620 g/mol. The first kappa shape index (κ1) is 26.9. The molecule has 4 atom stereocenters. The van der Waals surface area contributed by atoms with Crippen LogP contribution in [-0.4, -0.2) is 48.0 Å². The van der Waals surface area contributed by atoms with Gasteiger partial charge in [0.1, 0.15) is 0 Å². The van der Waals surface area contributed by atoms with Crippen molar-refractivity contribution in [2.75, 3.05) is 37.9 Å². The average Bonchev–Trinajstić information content (AvgIpc) is 2.89. The molecule has 2 saturated heterocycles. The summed E-state index contributed by atoms with van der Waals surface area (Å²) in [5.74, 6) is 3.22. The van der Waals surface area contributed by atoms with Crippen molar-refractivity contribution in [3.8, 4) is 0 Å². The zero-order valence-electron chi connectivity index (χ0n) is 20.7. The van der Waals surface area contributed by atoms with Crippen LogP contribution in [0.1, 0.15) is 37.8 Å². The fourth-order valence-corrected chi connectivity index (χ4v) is 8.61. The van der Waals surface area contributed by atoms with Crippen molar-refractivity contribution in [3.63, 3.8) is 0 Å². The highest BCUT2D eigenvalue weighted by Crippen LogP contribution is 2.47. The van der Waals surface area contributed by atoms with Gasteiger partial charge >= 0.3 is 0 Å². The molecular formula is C28H32Br2N2O2S2. The van der Waals surface area contributed by atoms with E-state index in [4.69, 9.17) is 19.5 Å². The summed E-state index contributed by atoms with van der Waals surface area (Å²) < 4.78 is 13.6. The molecule has 192 valence electrons. The van der Waals surface area contributed by atoms with Crippen molar-refractivity contribution in [2.45, 2.75) is 37.8 Å². The Morgan fingerprint density at radius 2 is 1.19 bits per heavy atom. The third-order valence-electron chi connectivity index (χ3n) is 7.59. The van der Waals surface area contributed by atoms with Crippen molar-refractivity contribution in [1.82, 2.24) is 0 Å². The maximum atomic E-state index is 5.66. The summed E-state index contributed by atoms with van der Waals surface area (Å²) in [5.41, 5.74) is 2.53. The molecule has 0 N–H and O–H groups in total. The maximum Gasteiger partial charge on any atom is 0.0946 e. The molecule has 4 aliphatic rings. The van der Waals surface area contributed by atoms with Gasteiger partial charge in [-0.2, -0.15) is 0 Å². The first-order chi connectivity index (χ1) is 17.4. The number of fused-ring (bicyclic) bond motifs is 2. The number of thioether (sulfide) groups is 2. The third kappa shape index (κ3) is 5.55. The van der Waals surface area contributed by atoms with Crippen molar-refractivity contribution in [3.05, 3.63) is 68.6 Å². The second kappa shape index (κ2) is 11.6. The number of nitrogens with zero attached hydrogens (tertiary/aromatic N) is 2. The fourth-order valence-electron chi connectivity index (χ4n) is 5.73. The Bertz CT molecular complexity index is 1070. The van der Waals surface area contributed by atoms with Gasteiger partial charge in [0.25, 0.3) is 0 Å². The highest BCUT2D eigenvalue weighted by molar-refractivity contribution is 9.10. The van der Waals surface area contributed by atoms with E-state index in [1.165, 1.54) is 21.2 Å². The Morgan fingerprint density at radius 1 is 0.750 bits per heavy atom. The second-order valence-corrected chi connectivity index (χ2v) is 14.1. The molecule has 0 radical (unpaired) electrons. The third-order valence-corrected chi connectivity index (χ3v) is 10.7. The number of halogens is 2. The van der Waals surface area contributed by atoms with E-state index in [1.54, 1.807) is 0 Å². The van der Waals surface area contributed by atoms with Gasteiger partial charge in [0.2, 0.25) is 0 Å². The summed E-state index contributed by atoms with van der Waals surface area (Å²) in [5, 5.41) is 2.40. The van der Waals surface area contributed by atoms with Gasteiger partial charge in [0, 0.05) is 58.3 Å².